The van der Waals surface area contributed by atoms with Gasteiger partial charge in [0.1, 0.15) is 0 Å². The molecule has 0 bridgehead atoms. The highest BCUT2D eigenvalue weighted by atomic mass is 16.3. The Labute approximate surface area is 146 Å². The van der Waals surface area contributed by atoms with Crippen molar-refractivity contribution >= 4 is 11.2 Å². The van der Waals surface area contributed by atoms with E-state index < -0.39 is 6.10 Å². The summed E-state index contributed by atoms with van der Waals surface area (Å²) in [5.41, 5.74) is 0.258. The highest BCUT2D eigenvalue weighted by Crippen LogP contribution is 2.09. The van der Waals surface area contributed by atoms with Gasteiger partial charge in [0.05, 0.1) is 19.0 Å². The summed E-state index contributed by atoms with van der Waals surface area (Å²) in [6, 6.07) is 0. The Balaban J connectivity index is 1.85. The quantitative estimate of drug-likeness (QED) is 0.607. The second kappa shape index (κ2) is 8.96. The highest BCUT2D eigenvalue weighted by molar-refractivity contribution is 5.69. The Kier molecular flexibility index (Phi) is 6.95. The van der Waals surface area contributed by atoms with Gasteiger partial charge >= 0.3 is 5.69 Å². The van der Waals surface area contributed by atoms with E-state index in [-0.39, 0.29) is 17.9 Å². The van der Waals surface area contributed by atoms with Crippen molar-refractivity contribution in [1.82, 2.24) is 18.7 Å². The summed E-state index contributed by atoms with van der Waals surface area (Å²) in [5, 5.41) is 18.0. The Bertz CT molecular complexity index is 805. The fourth-order valence-electron chi connectivity index (χ4n) is 3.04. The highest BCUT2D eigenvalue weighted by Gasteiger charge is 2.14. The Hall–Kier alpha value is -1.93. The second-order valence-electron chi connectivity index (χ2n) is 6.57. The molecule has 0 saturated carbocycles. The molecule has 2 N–H and O–H groups in total. The van der Waals surface area contributed by atoms with Crippen molar-refractivity contribution in [3.63, 3.8) is 0 Å². The Morgan fingerprint density at radius 2 is 1.72 bits per heavy atom. The van der Waals surface area contributed by atoms with Gasteiger partial charge in [-0.25, -0.2) is 9.78 Å². The summed E-state index contributed by atoms with van der Waals surface area (Å²) in [6.45, 7) is 0.237. The van der Waals surface area contributed by atoms with Crippen LogP contribution in [-0.2, 0) is 20.6 Å². The van der Waals surface area contributed by atoms with E-state index in [4.69, 9.17) is 5.11 Å². The first-order valence-electron chi connectivity index (χ1n) is 8.87. The van der Waals surface area contributed by atoms with Crippen LogP contribution in [-0.4, -0.2) is 41.6 Å². The van der Waals surface area contributed by atoms with Crippen LogP contribution >= 0.6 is 0 Å². The molecule has 8 heteroatoms. The molecular weight excluding hydrogens is 324 g/mol. The third-order valence-electron chi connectivity index (χ3n) is 4.58. The van der Waals surface area contributed by atoms with Crippen molar-refractivity contribution in [2.45, 2.75) is 57.6 Å². The van der Waals surface area contributed by atoms with E-state index in [0.717, 1.165) is 38.5 Å². The van der Waals surface area contributed by atoms with Gasteiger partial charge in [-0.05, 0) is 12.8 Å². The van der Waals surface area contributed by atoms with Crippen molar-refractivity contribution in [3.05, 3.63) is 27.2 Å². The molecule has 0 aliphatic heterocycles. The second-order valence-corrected chi connectivity index (χ2v) is 6.57. The number of imidazole rings is 1. The van der Waals surface area contributed by atoms with E-state index in [0.29, 0.717) is 24.1 Å². The van der Waals surface area contributed by atoms with Crippen molar-refractivity contribution < 1.29 is 10.2 Å². The predicted molar refractivity (Wildman–Crippen MR) is 95.6 cm³/mol. The first-order chi connectivity index (χ1) is 12.0. The van der Waals surface area contributed by atoms with Crippen molar-refractivity contribution in [2.75, 3.05) is 6.61 Å². The van der Waals surface area contributed by atoms with E-state index in [1.54, 1.807) is 25.0 Å². The van der Waals surface area contributed by atoms with Gasteiger partial charge in [0.25, 0.3) is 5.56 Å². The standard InChI is InChI=1S/C17H28N4O4/c1-19-12-18-15-14(19)16(24)21(17(25)20(15)2)10-8-6-4-3-5-7-9-13(23)11-22/h12-13,22-23H,3-11H2,1-2H3. The third kappa shape index (κ3) is 4.58. The van der Waals surface area contributed by atoms with Crippen LogP contribution < -0.4 is 11.2 Å². The molecule has 0 saturated heterocycles. The van der Waals surface area contributed by atoms with E-state index in [1.165, 1.54) is 9.13 Å². The lowest BCUT2D eigenvalue weighted by molar-refractivity contribution is 0.0860. The summed E-state index contributed by atoms with van der Waals surface area (Å²) >= 11 is 0. The van der Waals surface area contributed by atoms with Crippen LogP contribution in [0.2, 0.25) is 0 Å². The minimum Gasteiger partial charge on any atom is -0.394 e. The molecule has 0 amide bonds. The smallest absolute Gasteiger partial charge is 0.332 e. The van der Waals surface area contributed by atoms with Crippen molar-refractivity contribution in [1.29, 1.82) is 0 Å². The lowest BCUT2D eigenvalue weighted by Gasteiger charge is -2.09. The molecule has 2 heterocycles. The zero-order valence-electron chi connectivity index (χ0n) is 15.0. The minimum atomic E-state index is -0.606. The van der Waals surface area contributed by atoms with Gasteiger partial charge in [-0.1, -0.05) is 32.1 Å². The number of nitrogens with zero attached hydrogens (tertiary/aromatic N) is 4. The number of aryl methyl sites for hydroxylation is 2. The molecule has 25 heavy (non-hydrogen) atoms. The Morgan fingerprint density at radius 3 is 2.40 bits per heavy atom. The lowest BCUT2D eigenvalue weighted by Crippen LogP contribution is -2.39. The van der Waals surface area contributed by atoms with Crippen LogP contribution in [0.4, 0.5) is 0 Å². The molecule has 0 aromatic carbocycles. The van der Waals surface area contributed by atoms with Gasteiger partial charge in [-0.3, -0.25) is 13.9 Å². The molecule has 0 fully saturated rings. The molecule has 8 nitrogen and oxygen atoms in total. The number of fused-ring (bicyclic) bond motifs is 1. The average molecular weight is 352 g/mol. The molecular formula is C17H28N4O4. The van der Waals surface area contributed by atoms with E-state index in [2.05, 4.69) is 4.98 Å². The zero-order chi connectivity index (χ0) is 18.4. The molecule has 1 atom stereocenters. The number of unbranched alkanes of at least 4 members (excludes halogenated alkanes) is 5. The predicted octanol–water partition coefficient (Wildman–Crippen LogP) is 0.518. The number of aliphatic hydroxyl groups excluding tert-OH is 2. The normalized spacial score (nSPS) is 12.8. The maximum absolute atomic E-state index is 12.5. The molecule has 0 aliphatic carbocycles. The summed E-state index contributed by atoms with van der Waals surface area (Å²) in [4.78, 5) is 29.0. The lowest BCUT2D eigenvalue weighted by atomic mass is 10.1. The molecule has 140 valence electrons. The van der Waals surface area contributed by atoms with E-state index in [9.17, 15) is 14.7 Å². The Morgan fingerprint density at radius 1 is 1.08 bits per heavy atom. The van der Waals surface area contributed by atoms with E-state index in [1.807, 2.05) is 0 Å². The summed E-state index contributed by atoms with van der Waals surface area (Å²) in [7, 11) is 3.38. The molecule has 1 unspecified atom stereocenters. The van der Waals surface area contributed by atoms with Crippen LogP contribution in [0, 0.1) is 0 Å². The van der Waals surface area contributed by atoms with Crippen LogP contribution in [0.5, 0.6) is 0 Å². The molecule has 0 aliphatic rings. The first kappa shape index (κ1) is 19.4. The largest absolute Gasteiger partial charge is 0.394 e. The fraction of sp³-hybridized carbons (Fsp3) is 0.706. The van der Waals surface area contributed by atoms with Gasteiger partial charge in [0.15, 0.2) is 11.2 Å². The SMILES string of the molecule is Cn1cnc2c1c(=O)n(CCCCCCCCC(O)CO)c(=O)n2C. The fourth-order valence-corrected chi connectivity index (χ4v) is 3.04. The van der Waals surface area contributed by atoms with Crippen LogP contribution in [0.3, 0.4) is 0 Å². The minimum absolute atomic E-state index is 0.176. The number of hydrogen-bond donors (Lipinski definition) is 2. The number of aromatic nitrogens is 4. The molecule has 2 rings (SSSR count). The summed E-state index contributed by atoms with van der Waals surface area (Å²) < 4.78 is 4.36. The molecule has 0 radical (unpaired) electrons. The monoisotopic (exact) mass is 352 g/mol. The van der Waals surface area contributed by atoms with Gasteiger partial charge < -0.3 is 14.8 Å². The maximum Gasteiger partial charge on any atom is 0.332 e. The molecule has 2 aromatic heterocycles. The molecule has 0 spiro atoms. The van der Waals surface area contributed by atoms with Crippen LogP contribution in [0.1, 0.15) is 44.9 Å². The van der Waals surface area contributed by atoms with Gasteiger partial charge in [-0.2, -0.15) is 0 Å². The summed E-state index contributed by atoms with van der Waals surface area (Å²) in [5.74, 6) is 0. The number of rotatable bonds is 10. The van der Waals surface area contributed by atoms with Gasteiger partial charge in [0, 0.05) is 20.6 Å². The number of aliphatic hydroxyl groups is 2. The van der Waals surface area contributed by atoms with Gasteiger partial charge in [-0.15, -0.1) is 0 Å². The average Bonchev–Trinajstić information content (AvgIpc) is 2.99. The zero-order valence-corrected chi connectivity index (χ0v) is 15.0. The van der Waals surface area contributed by atoms with Crippen LogP contribution in [0.25, 0.3) is 11.2 Å². The third-order valence-corrected chi connectivity index (χ3v) is 4.58. The van der Waals surface area contributed by atoms with E-state index >= 15 is 0 Å². The summed E-state index contributed by atoms with van der Waals surface area (Å²) in [6.07, 6.45) is 7.28. The van der Waals surface area contributed by atoms with Gasteiger partial charge in [0.2, 0.25) is 0 Å². The first-order valence-corrected chi connectivity index (χ1v) is 8.87. The number of hydrogen-bond acceptors (Lipinski definition) is 5. The molecule has 2 aromatic rings. The topological polar surface area (TPSA) is 102 Å². The van der Waals surface area contributed by atoms with Crippen molar-refractivity contribution in [3.8, 4) is 0 Å². The van der Waals surface area contributed by atoms with Crippen LogP contribution in [0.15, 0.2) is 15.9 Å². The van der Waals surface area contributed by atoms with Crippen molar-refractivity contribution in [2.24, 2.45) is 14.1 Å². The maximum atomic E-state index is 12.5.